The number of piperazine rings is 1. The number of carbonyl (C=O) groups excluding carboxylic acids is 1. The van der Waals surface area contributed by atoms with Crippen molar-refractivity contribution >= 4 is 6.03 Å². The van der Waals surface area contributed by atoms with Crippen molar-refractivity contribution in [1.29, 1.82) is 0 Å². The maximum atomic E-state index is 12.6. The minimum absolute atomic E-state index is 0.0547. The number of rotatable bonds is 5. The molecule has 9 nitrogen and oxygen atoms in total. The average Bonchev–Trinajstić information content (AvgIpc) is 3.37. The third-order valence-corrected chi connectivity index (χ3v) is 5.17. The van der Waals surface area contributed by atoms with Gasteiger partial charge in [0, 0.05) is 39.3 Å². The Labute approximate surface area is 164 Å². The fraction of sp³-hybridized carbons (Fsp3) is 0.526. The van der Waals surface area contributed by atoms with Crippen LogP contribution in [0.3, 0.4) is 0 Å². The van der Waals surface area contributed by atoms with E-state index < -0.39 is 0 Å². The van der Waals surface area contributed by atoms with Crippen molar-refractivity contribution in [3.63, 3.8) is 0 Å². The summed E-state index contributed by atoms with van der Waals surface area (Å²) >= 11 is 0. The first kappa shape index (κ1) is 18.5. The van der Waals surface area contributed by atoms with Gasteiger partial charge in [0.15, 0.2) is 11.5 Å². The number of hydrogen-bond acceptors (Lipinski definition) is 6. The summed E-state index contributed by atoms with van der Waals surface area (Å²) < 4.78 is 12.6. The van der Waals surface area contributed by atoms with Crippen molar-refractivity contribution in [3.05, 3.63) is 35.9 Å². The van der Waals surface area contributed by atoms with Crippen LogP contribution in [0.25, 0.3) is 0 Å². The van der Waals surface area contributed by atoms with Gasteiger partial charge >= 0.3 is 6.03 Å². The van der Waals surface area contributed by atoms with Crippen LogP contribution in [-0.4, -0.2) is 63.6 Å². The lowest BCUT2D eigenvalue weighted by molar-refractivity contribution is 0.133. The van der Waals surface area contributed by atoms with Crippen LogP contribution in [0.15, 0.2) is 24.5 Å². The van der Waals surface area contributed by atoms with Crippen molar-refractivity contribution < 1.29 is 14.3 Å². The number of urea groups is 1. The van der Waals surface area contributed by atoms with Crippen LogP contribution in [0.5, 0.6) is 11.5 Å². The predicted octanol–water partition coefficient (Wildman–Crippen LogP) is 1.62. The monoisotopic (exact) mass is 386 g/mol. The molecule has 1 aromatic carbocycles. The highest BCUT2D eigenvalue weighted by Gasteiger charge is 2.24. The first-order valence-electron chi connectivity index (χ1n) is 9.68. The van der Waals surface area contributed by atoms with Crippen molar-refractivity contribution in [1.82, 2.24) is 29.9 Å². The van der Waals surface area contributed by atoms with E-state index in [2.05, 4.69) is 26.4 Å². The first-order valence-corrected chi connectivity index (χ1v) is 9.68. The third kappa shape index (κ3) is 3.89. The van der Waals surface area contributed by atoms with Crippen LogP contribution < -0.4 is 14.8 Å². The second-order valence-corrected chi connectivity index (χ2v) is 7.06. The summed E-state index contributed by atoms with van der Waals surface area (Å²) in [5.74, 6) is 2.39. The van der Waals surface area contributed by atoms with Gasteiger partial charge in [0.2, 0.25) is 6.79 Å². The lowest BCUT2D eigenvalue weighted by Gasteiger charge is -2.35. The summed E-state index contributed by atoms with van der Waals surface area (Å²) in [6.07, 6.45) is 1.52. The summed E-state index contributed by atoms with van der Waals surface area (Å²) in [5.41, 5.74) is 1.19. The highest BCUT2D eigenvalue weighted by Crippen LogP contribution is 2.32. The van der Waals surface area contributed by atoms with E-state index in [0.29, 0.717) is 19.9 Å². The van der Waals surface area contributed by atoms with Gasteiger partial charge in [0.1, 0.15) is 12.2 Å². The third-order valence-electron chi connectivity index (χ3n) is 5.17. The smallest absolute Gasteiger partial charge is 0.318 e. The van der Waals surface area contributed by atoms with E-state index in [0.717, 1.165) is 43.5 Å². The standard InChI is InChI=1S/C19H26N6O3/c1-3-25-18(20-12-21-25)14(2)22-19(26)24-8-6-23(7-9-24)11-15-4-5-16-17(10-15)28-13-27-16/h4-5,10,12,14H,3,6-9,11,13H2,1-2H3,(H,22,26). The molecule has 2 aliphatic rings. The van der Waals surface area contributed by atoms with Gasteiger partial charge in [-0.1, -0.05) is 6.07 Å². The van der Waals surface area contributed by atoms with Crippen molar-refractivity contribution in [3.8, 4) is 11.5 Å². The maximum absolute atomic E-state index is 12.6. The quantitative estimate of drug-likeness (QED) is 0.841. The molecule has 0 saturated carbocycles. The fourth-order valence-corrected chi connectivity index (χ4v) is 3.60. The van der Waals surface area contributed by atoms with Gasteiger partial charge in [-0.3, -0.25) is 4.90 Å². The molecule has 0 radical (unpaired) electrons. The Balaban J connectivity index is 1.27. The van der Waals surface area contributed by atoms with Crippen molar-refractivity contribution in [2.75, 3.05) is 33.0 Å². The summed E-state index contributed by atoms with van der Waals surface area (Å²) in [4.78, 5) is 21.1. The molecule has 0 bridgehead atoms. The summed E-state index contributed by atoms with van der Waals surface area (Å²) in [7, 11) is 0. The van der Waals surface area contributed by atoms with Gasteiger partial charge in [-0.15, -0.1) is 0 Å². The molecule has 9 heteroatoms. The van der Waals surface area contributed by atoms with Gasteiger partial charge in [0.25, 0.3) is 0 Å². The van der Waals surface area contributed by atoms with Gasteiger partial charge in [0.05, 0.1) is 6.04 Å². The molecule has 4 rings (SSSR count). The fourth-order valence-electron chi connectivity index (χ4n) is 3.60. The number of nitrogens with one attached hydrogen (secondary N) is 1. The zero-order valence-corrected chi connectivity index (χ0v) is 16.3. The Morgan fingerprint density at radius 2 is 2.00 bits per heavy atom. The van der Waals surface area contributed by atoms with Crippen LogP contribution >= 0.6 is 0 Å². The Hall–Kier alpha value is -2.81. The van der Waals surface area contributed by atoms with E-state index in [4.69, 9.17) is 9.47 Å². The lowest BCUT2D eigenvalue weighted by Crippen LogP contribution is -2.51. The van der Waals surface area contributed by atoms with Gasteiger partial charge in [-0.05, 0) is 31.5 Å². The van der Waals surface area contributed by atoms with Crippen molar-refractivity contribution in [2.24, 2.45) is 0 Å². The lowest BCUT2D eigenvalue weighted by atomic mass is 10.1. The molecule has 1 fully saturated rings. The molecule has 0 spiro atoms. The van der Waals surface area contributed by atoms with E-state index in [1.165, 1.54) is 11.9 Å². The van der Waals surface area contributed by atoms with Crippen LogP contribution in [0.1, 0.15) is 31.3 Å². The molecular formula is C19H26N6O3. The Morgan fingerprint density at radius 1 is 1.21 bits per heavy atom. The maximum Gasteiger partial charge on any atom is 0.318 e. The molecule has 1 N–H and O–H groups in total. The van der Waals surface area contributed by atoms with Crippen LogP contribution in [0.2, 0.25) is 0 Å². The number of ether oxygens (including phenoxy) is 2. The minimum Gasteiger partial charge on any atom is -0.454 e. The summed E-state index contributed by atoms with van der Waals surface area (Å²) in [6, 6.07) is 5.82. The zero-order chi connectivity index (χ0) is 19.5. The molecule has 2 aliphatic heterocycles. The largest absolute Gasteiger partial charge is 0.454 e. The van der Waals surface area contributed by atoms with Gasteiger partial charge in [-0.25, -0.2) is 14.5 Å². The number of benzene rings is 1. The zero-order valence-electron chi connectivity index (χ0n) is 16.3. The van der Waals surface area contributed by atoms with E-state index in [-0.39, 0.29) is 12.1 Å². The molecule has 0 aliphatic carbocycles. The SMILES string of the molecule is CCn1ncnc1C(C)NC(=O)N1CCN(Cc2ccc3c(c2)OCO3)CC1. The molecule has 28 heavy (non-hydrogen) atoms. The number of carbonyl (C=O) groups is 1. The minimum atomic E-state index is -0.179. The van der Waals surface area contributed by atoms with E-state index in [9.17, 15) is 4.79 Å². The number of amides is 2. The average molecular weight is 386 g/mol. The van der Waals surface area contributed by atoms with E-state index in [1.54, 1.807) is 4.68 Å². The van der Waals surface area contributed by atoms with Crippen molar-refractivity contribution in [2.45, 2.75) is 33.0 Å². The molecule has 2 aromatic rings. The van der Waals surface area contributed by atoms with Gasteiger partial charge in [-0.2, -0.15) is 5.10 Å². The predicted molar refractivity (Wildman–Crippen MR) is 102 cm³/mol. The number of fused-ring (bicyclic) bond motifs is 1. The van der Waals surface area contributed by atoms with Crippen LogP contribution in [-0.2, 0) is 13.1 Å². The highest BCUT2D eigenvalue weighted by atomic mass is 16.7. The molecule has 150 valence electrons. The summed E-state index contributed by atoms with van der Waals surface area (Å²) in [6.45, 7) is 8.86. The second kappa shape index (κ2) is 8.05. The highest BCUT2D eigenvalue weighted by molar-refractivity contribution is 5.74. The molecule has 1 unspecified atom stereocenters. The van der Waals surface area contributed by atoms with Crippen LogP contribution in [0.4, 0.5) is 4.79 Å². The Kier molecular flexibility index (Phi) is 5.34. The number of aryl methyl sites for hydroxylation is 1. The number of nitrogens with zero attached hydrogens (tertiary/aromatic N) is 5. The van der Waals surface area contributed by atoms with Crippen LogP contribution in [0, 0.1) is 0 Å². The first-order chi connectivity index (χ1) is 13.6. The van der Waals surface area contributed by atoms with E-state index >= 15 is 0 Å². The van der Waals surface area contributed by atoms with E-state index in [1.807, 2.05) is 30.9 Å². The molecular weight excluding hydrogens is 360 g/mol. The topological polar surface area (TPSA) is 84.8 Å². The normalized spacial score (nSPS) is 17.6. The molecule has 3 heterocycles. The number of aromatic nitrogens is 3. The number of hydrogen-bond donors (Lipinski definition) is 1. The summed E-state index contributed by atoms with van der Waals surface area (Å²) in [5, 5.41) is 7.20. The molecule has 1 atom stereocenters. The molecule has 2 amide bonds. The second-order valence-electron chi connectivity index (χ2n) is 7.06. The Bertz CT molecular complexity index is 831. The van der Waals surface area contributed by atoms with Gasteiger partial charge < -0.3 is 19.7 Å². The Morgan fingerprint density at radius 3 is 2.79 bits per heavy atom. The molecule has 1 saturated heterocycles. The molecule has 1 aromatic heterocycles.